The van der Waals surface area contributed by atoms with Crippen LogP contribution in [0.15, 0.2) is 23.2 Å². The van der Waals surface area contributed by atoms with Crippen LogP contribution in [0.4, 0.5) is 0 Å². The Morgan fingerprint density at radius 2 is 1.92 bits per heavy atom. The average molecular weight is 495 g/mol. The molecule has 0 radical (unpaired) electrons. The van der Waals surface area contributed by atoms with Crippen LogP contribution in [0, 0.1) is 6.92 Å². The Hall–Kier alpha value is -0.830. The van der Waals surface area contributed by atoms with Gasteiger partial charge in [-0.25, -0.2) is 0 Å². The molecule has 0 aromatic heterocycles. The van der Waals surface area contributed by atoms with Crippen molar-refractivity contribution in [1.82, 2.24) is 10.6 Å². The Morgan fingerprint density at radius 3 is 2.46 bits per heavy atom. The minimum atomic E-state index is -0.874. The molecule has 26 heavy (non-hydrogen) atoms. The summed E-state index contributed by atoms with van der Waals surface area (Å²) < 4.78 is 17.8. The zero-order valence-corrected chi connectivity index (χ0v) is 20.2. The molecule has 1 aromatic rings. The summed E-state index contributed by atoms with van der Waals surface area (Å²) in [5, 5.41) is 6.51. The summed E-state index contributed by atoms with van der Waals surface area (Å²) in [6.07, 6.45) is 0.130. The number of ether oxygens (including phenoxy) is 1. The highest BCUT2D eigenvalue weighted by Gasteiger charge is 2.18. The Kier molecular flexibility index (Phi) is 11.4. The van der Waals surface area contributed by atoms with Crippen molar-refractivity contribution in [3.05, 3.63) is 29.3 Å². The van der Waals surface area contributed by atoms with Crippen LogP contribution in [0.3, 0.4) is 0 Å². The maximum Gasteiger partial charge on any atom is 0.191 e. The van der Waals surface area contributed by atoms with Gasteiger partial charge in [-0.1, -0.05) is 12.1 Å². The lowest BCUT2D eigenvalue weighted by atomic mass is 10.1. The van der Waals surface area contributed by atoms with E-state index in [0.717, 1.165) is 11.3 Å². The van der Waals surface area contributed by atoms with Gasteiger partial charge in [0.15, 0.2) is 5.96 Å². The van der Waals surface area contributed by atoms with Crippen LogP contribution < -0.4 is 15.4 Å². The molecule has 0 aliphatic rings. The van der Waals surface area contributed by atoms with Gasteiger partial charge >= 0.3 is 0 Å². The van der Waals surface area contributed by atoms with E-state index in [2.05, 4.69) is 40.7 Å². The van der Waals surface area contributed by atoms with Crippen molar-refractivity contribution in [2.45, 2.75) is 58.9 Å². The highest BCUT2D eigenvalue weighted by molar-refractivity contribution is 14.0. The number of benzene rings is 1. The topological polar surface area (TPSA) is 62.7 Å². The van der Waals surface area contributed by atoms with Crippen LogP contribution >= 0.6 is 24.0 Å². The lowest BCUT2D eigenvalue weighted by Crippen LogP contribution is -2.40. The molecule has 1 aromatic carbocycles. The molecule has 2 N–H and O–H groups in total. The molecule has 0 saturated heterocycles. The van der Waals surface area contributed by atoms with Gasteiger partial charge in [-0.2, -0.15) is 0 Å². The van der Waals surface area contributed by atoms with E-state index in [-0.39, 0.29) is 34.8 Å². The van der Waals surface area contributed by atoms with Crippen molar-refractivity contribution in [2.75, 3.05) is 19.3 Å². The van der Waals surface area contributed by atoms with E-state index in [1.54, 1.807) is 7.05 Å². The summed E-state index contributed by atoms with van der Waals surface area (Å²) in [6, 6.07) is 6.20. The predicted molar refractivity (Wildman–Crippen MR) is 123 cm³/mol. The molecule has 1 atom stereocenters. The van der Waals surface area contributed by atoms with E-state index in [9.17, 15) is 4.21 Å². The molecule has 7 heteroatoms. The molecule has 5 nitrogen and oxygen atoms in total. The predicted octanol–water partition coefficient (Wildman–Crippen LogP) is 3.61. The molecule has 0 fully saturated rings. The van der Waals surface area contributed by atoms with Crippen LogP contribution in [-0.2, 0) is 17.3 Å². The van der Waals surface area contributed by atoms with Crippen molar-refractivity contribution in [3.63, 3.8) is 0 Å². The summed E-state index contributed by atoms with van der Waals surface area (Å²) in [4.78, 5) is 4.22. The van der Waals surface area contributed by atoms with Crippen molar-refractivity contribution >= 4 is 40.7 Å². The third-order valence-electron chi connectivity index (χ3n) is 3.52. The molecule has 1 unspecified atom stereocenters. The van der Waals surface area contributed by atoms with E-state index >= 15 is 0 Å². The number of nitrogens with one attached hydrogen (secondary N) is 2. The number of halogens is 1. The summed E-state index contributed by atoms with van der Waals surface area (Å²) >= 11 is 0. The van der Waals surface area contributed by atoms with Gasteiger partial charge in [-0.3, -0.25) is 9.20 Å². The lowest BCUT2D eigenvalue weighted by molar-refractivity contribution is 0.239. The number of hydrogen-bond donors (Lipinski definition) is 2. The quantitative estimate of drug-likeness (QED) is 0.345. The van der Waals surface area contributed by atoms with Gasteiger partial charge < -0.3 is 15.4 Å². The van der Waals surface area contributed by atoms with E-state index < -0.39 is 10.8 Å². The minimum Gasteiger partial charge on any atom is -0.491 e. The third kappa shape index (κ3) is 9.21. The SMILES string of the molecule is CN=C(NCCS(=O)C(C)(C)C)NCc1ccc(C)cc1OC(C)C.I. The molecule has 150 valence electrons. The molecule has 0 heterocycles. The van der Waals surface area contributed by atoms with E-state index in [1.807, 2.05) is 34.6 Å². The van der Waals surface area contributed by atoms with Crippen molar-refractivity contribution < 1.29 is 8.95 Å². The summed E-state index contributed by atoms with van der Waals surface area (Å²) in [6.45, 7) is 13.3. The second-order valence-electron chi connectivity index (χ2n) is 7.29. The standard InChI is InChI=1S/C19H33N3O2S.HI/c1-14(2)24-17-12-15(3)8-9-16(17)13-22-18(20-7)21-10-11-25(23)19(4,5)6;/h8-9,12,14H,10-11,13H2,1-7H3,(H2,20,21,22);1H. The highest BCUT2D eigenvalue weighted by atomic mass is 127. The number of nitrogens with zero attached hydrogens (tertiary/aromatic N) is 1. The van der Waals surface area contributed by atoms with Gasteiger partial charge in [0.2, 0.25) is 0 Å². The highest BCUT2D eigenvalue weighted by Crippen LogP contribution is 2.21. The Balaban J connectivity index is 0.00000625. The Labute approximate surface area is 178 Å². The first-order chi connectivity index (χ1) is 11.6. The number of guanidine groups is 1. The van der Waals surface area contributed by atoms with Crippen LogP contribution in [0.25, 0.3) is 0 Å². The largest absolute Gasteiger partial charge is 0.491 e. The Bertz CT molecular complexity index is 613. The average Bonchev–Trinajstić information content (AvgIpc) is 2.50. The molecule has 0 aliphatic heterocycles. The van der Waals surface area contributed by atoms with Gasteiger partial charge in [-0.15, -0.1) is 24.0 Å². The number of rotatable bonds is 7. The summed E-state index contributed by atoms with van der Waals surface area (Å²) in [5.74, 6) is 2.19. The van der Waals surface area contributed by atoms with Crippen molar-refractivity contribution in [2.24, 2.45) is 4.99 Å². The lowest BCUT2D eigenvalue weighted by Gasteiger charge is -2.19. The monoisotopic (exact) mass is 495 g/mol. The van der Waals surface area contributed by atoms with E-state index in [0.29, 0.717) is 24.8 Å². The second-order valence-corrected chi connectivity index (χ2v) is 9.62. The fourth-order valence-electron chi connectivity index (χ4n) is 2.14. The van der Waals surface area contributed by atoms with Crippen LogP contribution in [0.1, 0.15) is 45.7 Å². The number of aryl methyl sites for hydroxylation is 1. The summed E-state index contributed by atoms with van der Waals surface area (Å²) in [7, 11) is 0.859. The molecular weight excluding hydrogens is 461 g/mol. The fourth-order valence-corrected chi connectivity index (χ4v) is 3.04. The van der Waals surface area contributed by atoms with Crippen LogP contribution in [0.2, 0.25) is 0 Å². The molecule has 0 aliphatic carbocycles. The molecular formula is C19H34IN3O2S. The van der Waals surface area contributed by atoms with Gasteiger partial charge in [0.1, 0.15) is 5.75 Å². The van der Waals surface area contributed by atoms with Crippen molar-refractivity contribution in [1.29, 1.82) is 0 Å². The molecule has 1 rings (SSSR count). The van der Waals surface area contributed by atoms with E-state index in [4.69, 9.17) is 4.74 Å². The normalized spacial score (nSPS) is 13.2. The second kappa shape index (κ2) is 11.8. The maximum atomic E-state index is 12.1. The minimum absolute atomic E-state index is 0. The fraction of sp³-hybridized carbons (Fsp3) is 0.632. The first kappa shape index (κ1) is 25.2. The summed E-state index contributed by atoms with van der Waals surface area (Å²) in [5.41, 5.74) is 2.26. The molecule has 0 bridgehead atoms. The zero-order chi connectivity index (χ0) is 19.0. The van der Waals surface area contributed by atoms with Crippen LogP contribution in [-0.4, -0.2) is 40.4 Å². The third-order valence-corrected chi connectivity index (χ3v) is 5.46. The smallest absolute Gasteiger partial charge is 0.191 e. The zero-order valence-electron chi connectivity index (χ0n) is 17.0. The first-order valence-electron chi connectivity index (χ1n) is 8.72. The van der Waals surface area contributed by atoms with Gasteiger partial charge in [0, 0.05) is 47.0 Å². The van der Waals surface area contributed by atoms with Gasteiger partial charge in [0.05, 0.1) is 6.10 Å². The molecule has 0 saturated carbocycles. The van der Waals surface area contributed by atoms with E-state index in [1.165, 1.54) is 5.56 Å². The number of aliphatic imine (C=N–C) groups is 1. The Morgan fingerprint density at radius 1 is 1.27 bits per heavy atom. The van der Waals surface area contributed by atoms with Gasteiger partial charge in [0.25, 0.3) is 0 Å². The van der Waals surface area contributed by atoms with Crippen LogP contribution in [0.5, 0.6) is 5.75 Å². The van der Waals surface area contributed by atoms with Gasteiger partial charge in [-0.05, 0) is 53.2 Å². The van der Waals surface area contributed by atoms with Crippen molar-refractivity contribution in [3.8, 4) is 5.75 Å². The maximum absolute atomic E-state index is 12.1. The first-order valence-corrected chi connectivity index (χ1v) is 10.0. The molecule has 0 spiro atoms. The number of hydrogen-bond acceptors (Lipinski definition) is 3. The molecule has 0 amide bonds.